The summed E-state index contributed by atoms with van der Waals surface area (Å²) in [4.78, 5) is 24.6. The molecular formula is C19H13N3O4. The molecule has 128 valence electrons. The first-order valence-electron chi connectivity index (χ1n) is 7.78. The summed E-state index contributed by atoms with van der Waals surface area (Å²) in [6.45, 7) is 0. The van der Waals surface area contributed by atoms with Gasteiger partial charge in [-0.05, 0) is 29.8 Å². The molecule has 0 aliphatic carbocycles. The van der Waals surface area contributed by atoms with Crippen molar-refractivity contribution in [2.45, 2.75) is 0 Å². The van der Waals surface area contributed by atoms with Crippen molar-refractivity contribution >= 4 is 22.6 Å². The van der Waals surface area contributed by atoms with Gasteiger partial charge in [-0.1, -0.05) is 24.3 Å². The number of phenolic OH excluding ortho intramolecular Hbond substituents is 1. The monoisotopic (exact) mass is 347 g/mol. The van der Waals surface area contributed by atoms with Crippen LogP contribution >= 0.6 is 0 Å². The van der Waals surface area contributed by atoms with E-state index >= 15 is 0 Å². The number of anilines is 1. The van der Waals surface area contributed by atoms with Gasteiger partial charge in [0.15, 0.2) is 11.3 Å². The van der Waals surface area contributed by atoms with E-state index in [9.17, 15) is 14.7 Å². The summed E-state index contributed by atoms with van der Waals surface area (Å²) >= 11 is 0. The van der Waals surface area contributed by atoms with Crippen LogP contribution in [-0.2, 0) is 0 Å². The Morgan fingerprint density at radius 2 is 1.96 bits per heavy atom. The van der Waals surface area contributed by atoms with Crippen molar-refractivity contribution in [2.24, 2.45) is 0 Å². The zero-order chi connectivity index (χ0) is 18.1. The van der Waals surface area contributed by atoms with Gasteiger partial charge in [0.25, 0.3) is 5.91 Å². The first kappa shape index (κ1) is 15.6. The number of hydrogen-bond donors (Lipinski definition) is 3. The highest BCUT2D eigenvalue weighted by atomic mass is 16.4. The topological polar surface area (TPSA) is 108 Å². The number of rotatable bonds is 3. The molecule has 0 saturated heterocycles. The van der Waals surface area contributed by atoms with Crippen LogP contribution < -0.4 is 10.9 Å². The van der Waals surface area contributed by atoms with Crippen LogP contribution in [0, 0.1) is 0 Å². The predicted molar refractivity (Wildman–Crippen MR) is 96.1 cm³/mol. The molecule has 0 unspecified atom stereocenters. The van der Waals surface area contributed by atoms with Gasteiger partial charge in [-0.25, -0.2) is 4.79 Å². The summed E-state index contributed by atoms with van der Waals surface area (Å²) in [6.07, 6.45) is 3.41. The first-order chi connectivity index (χ1) is 12.6. The fraction of sp³-hybridized carbons (Fsp3) is 0. The van der Waals surface area contributed by atoms with Gasteiger partial charge in [0.2, 0.25) is 0 Å². The van der Waals surface area contributed by atoms with E-state index in [2.05, 4.69) is 15.5 Å². The maximum Gasteiger partial charge on any atom is 0.349 e. The standard InChI is InChI=1S/C19H13N3O4/c23-16-6-2-4-12-8-15(19(25)26-17(12)16)18(24)22-14-5-1-3-11(7-14)13-9-20-21-10-13/h1-10,23H,(H,20,21)(H,22,24). The average Bonchev–Trinajstić information content (AvgIpc) is 3.17. The van der Waals surface area contributed by atoms with E-state index in [-0.39, 0.29) is 16.9 Å². The van der Waals surface area contributed by atoms with E-state index in [1.807, 2.05) is 6.07 Å². The molecule has 7 nitrogen and oxygen atoms in total. The summed E-state index contributed by atoms with van der Waals surface area (Å²) in [7, 11) is 0. The number of nitrogens with zero attached hydrogens (tertiary/aromatic N) is 1. The van der Waals surface area contributed by atoms with E-state index in [4.69, 9.17) is 4.42 Å². The van der Waals surface area contributed by atoms with Crippen LogP contribution in [0.5, 0.6) is 5.75 Å². The Bertz CT molecular complexity index is 1160. The van der Waals surface area contributed by atoms with Gasteiger partial charge < -0.3 is 14.8 Å². The minimum Gasteiger partial charge on any atom is -0.504 e. The highest BCUT2D eigenvalue weighted by Crippen LogP contribution is 2.24. The fourth-order valence-electron chi connectivity index (χ4n) is 2.67. The molecule has 1 amide bonds. The molecule has 26 heavy (non-hydrogen) atoms. The molecule has 0 aliphatic heterocycles. The zero-order valence-electron chi connectivity index (χ0n) is 13.4. The smallest absolute Gasteiger partial charge is 0.349 e. The predicted octanol–water partition coefficient (Wildman–Crippen LogP) is 3.14. The van der Waals surface area contributed by atoms with Gasteiger partial charge in [-0.15, -0.1) is 0 Å². The number of para-hydroxylation sites is 1. The van der Waals surface area contributed by atoms with Gasteiger partial charge in [0.1, 0.15) is 5.56 Å². The van der Waals surface area contributed by atoms with Crippen LogP contribution in [0.2, 0.25) is 0 Å². The second-order valence-corrected chi connectivity index (χ2v) is 5.66. The zero-order valence-corrected chi connectivity index (χ0v) is 13.4. The molecule has 0 aliphatic rings. The second-order valence-electron chi connectivity index (χ2n) is 5.66. The summed E-state index contributed by atoms with van der Waals surface area (Å²) < 4.78 is 5.09. The Morgan fingerprint density at radius 1 is 1.12 bits per heavy atom. The number of aromatic nitrogens is 2. The number of phenols is 1. The molecule has 2 heterocycles. The van der Waals surface area contributed by atoms with Crippen molar-refractivity contribution in [2.75, 3.05) is 5.32 Å². The second kappa shape index (κ2) is 6.21. The van der Waals surface area contributed by atoms with Gasteiger partial charge in [-0.2, -0.15) is 5.10 Å². The molecule has 0 fully saturated rings. The Morgan fingerprint density at radius 3 is 2.77 bits per heavy atom. The molecule has 0 radical (unpaired) electrons. The maximum absolute atomic E-state index is 12.5. The van der Waals surface area contributed by atoms with Gasteiger partial charge >= 0.3 is 5.63 Å². The fourth-order valence-corrected chi connectivity index (χ4v) is 2.67. The molecule has 3 N–H and O–H groups in total. The van der Waals surface area contributed by atoms with Crippen LogP contribution in [0.15, 0.2) is 70.1 Å². The van der Waals surface area contributed by atoms with E-state index in [1.54, 1.807) is 42.7 Å². The highest BCUT2D eigenvalue weighted by Gasteiger charge is 2.15. The minimum absolute atomic E-state index is 0.0519. The summed E-state index contributed by atoms with van der Waals surface area (Å²) in [5.41, 5.74) is 1.37. The van der Waals surface area contributed by atoms with Crippen LogP contribution in [0.25, 0.3) is 22.1 Å². The van der Waals surface area contributed by atoms with Crippen molar-refractivity contribution in [1.82, 2.24) is 10.2 Å². The number of nitrogens with one attached hydrogen (secondary N) is 2. The Labute approximate surface area is 146 Å². The number of hydrogen-bond acceptors (Lipinski definition) is 5. The lowest BCUT2D eigenvalue weighted by Gasteiger charge is -2.07. The molecule has 0 saturated carbocycles. The summed E-state index contributed by atoms with van der Waals surface area (Å²) in [5.74, 6) is -0.743. The number of benzene rings is 2. The first-order valence-corrected chi connectivity index (χ1v) is 7.78. The Kier molecular flexibility index (Phi) is 3.74. The Hall–Kier alpha value is -3.87. The van der Waals surface area contributed by atoms with Crippen molar-refractivity contribution in [1.29, 1.82) is 0 Å². The molecule has 0 bridgehead atoms. The molecule has 0 atom stereocenters. The number of fused-ring (bicyclic) bond motifs is 1. The van der Waals surface area contributed by atoms with Crippen LogP contribution in [0.4, 0.5) is 5.69 Å². The quantitative estimate of drug-likeness (QED) is 0.493. The minimum atomic E-state index is -0.817. The number of carbonyl (C=O) groups excluding carboxylic acids is 1. The van der Waals surface area contributed by atoms with Crippen molar-refractivity contribution in [3.8, 4) is 16.9 Å². The summed E-state index contributed by atoms with van der Waals surface area (Å²) in [6, 6.07) is 13.2. The van der Waals surface area contributed by atoms with Crippen molar-refractivity contribution < 1.29 is 14.3 Å². The van der Waals surface area contributed by atoms with Crippen molar-refractivity contribution in [3.63, 3.8) is 0 Å². The number of aromatic amines is 1. The van der Waals surface area contributed by atoms with Gasteiger partial charge in [-0.3, -0.25) is 9.89 Å². The van der Waals surface area contributed by atoms with Crippen LogP contribution in [0.1, 0.15) is 10.4 Å². The summed E-state index contributed by atoms with van der Waals surface area (Å²) in [5, 5.41) is 19.5. The average molecular weight is 347 g/mol. The molecule has 0 spiro atoms. The molecular weight excluding hydrogens is 334 g/mol. The maximum atomic E-state index is 12.5. The third-order valence-corrected chi connectivity index (χ3v) is 3.94. The molecule has 2 aromatic heterocycles. The molecule has 4 aromatic rings. The lowest BCUT2D eigenvalue weighted by atomic mass is 10.1. The molecule has 2 aromatic carbocycles. The number of aromatic hydroxyl groups is 1. The normalized spacial score (nSPS) is 10.8. The van der Waals surface area contributed by atoms with Gasteiger partial charge in [0, 0.05) is 22.8 Å². The van der Waals surface area contributed by atoms with Crippen LogP contribution in [0.3, 0.4) is 0 Å². The highest BCUT2D eigenvalue weighted by molar-refractivity contribution is 6.05. The molecule has 4 rings (SSSR count). The van der Waals surface area contributed by atoms with Crippen LogP contribution in [-0.4, -0.2) is 21.2 Å². The van der Waals surface area contributed by atoms with Gasteiger partial charge in [0.05, 0.1) is 6.20 Å². The van der Waals surface area contributed by atoms with Crippen molar-refractivity contribution in [3.05, 3.63) is 76.9 Å². The number of carbonyl (C=O) groups is 1. The third-order valence-electron chi connectivity index (χ3n) is 3.94. The largest absolute Gasteiger partial charge is 0.504 e. The number of amides is 1. The number of H-pyrrole nitrogens is 1. The SMILES string of the molecule is O=C(Nc1cccc(-c2cn[nH]c2)c1)c1cc2cccc(O)c2oc1=O. The Balaban J connectivity index is 1.67. The van der Waals surface area contributed by atoms with E-state index in [0.29, 0.717) is 11.1 Å². The lowest BCUT2D eigenvalue weighted by Crippen LogP contribution is -2.20. The third kappa shape index (κ3) is 2.82. The van der Waals surface area contributed by atoms with E-state index in [1.165, 1.54) is 12.1 Å². The lowest BCUT2D eigenvalue weighted by molar-refractivity contribution is 0.102. The van der Waals surface area contributed by atoms with E-state index in [0.717, 1.165) is 11.1 Å². The van der Waals surface area contributed by atoms with E-state index < -0.39 is 11.5 Å². The molecule has 7 heteroatoms.